The Morgan fingerprint density at radius 3 is 2.83 bits per heavy atom. The Morgan fingerprint density at radius 2 is 2.12 bits per heavy atom. The van der Waals surface area contributed by atoms with Crippen LogP contribution in [0, 0.1) is 0 Å². The highest BCUT2D eigenvalue weighted by atomic mass is 32.1. The molecule has 6 heteroatoms. The van der Waals surface area contributed by atoms with Crippen LogP contribution in [-0.2, 0) is 4.79 Å². The first-order valence-corrected chi connectivity index (χ1v) is 9.34. The van der Waals surface area contributed by atoms with E-state index in [0.717, 1.165) is 15.2 Å². The summed E-state index contributed by atoms with van der Waals surface area (Å²) in [6, 6.07) is 12.3. The third-order valence-electron chi connectivity index (χ3n) is 3.65. The van der Waals surface area contributed by atoms with E-state index in [2.05, 4.69) is 26.6 Å². The van der Waals surface area contributed by atoms with Crippen LogP contribution >= 0.6 is 22.7 Å². The van der Waals surface area contributed by atoms with E-state index in [1.165, 1.54) is 4.88 Å². The van der Waals surface area contributed by atoms with E-state index in [9.17, 15) is 4.79 Å². The molecule has 0 saturated heterocycles. The summed E-state index contributed by atoms with van der Waals surface area (Å²) in [5.41, 5.74) is 0.966. The number of hydrogen-bond acceptors (Lipinski definition) is 5. The van der Waals surface area contributed by atoms with Crippen LogP contribution in [0.25, 0.3) is 16.3 Å². The average molecular weight is 358 g/mol. The molecule has 0 aliphatic rings. The number of hydrogen-bond donors (Lipinski definition) is 1. The molecule has 0 fully saturated rings. The number of fused-ring (bicyclic) bond motifs is 1. The molecule has 0 saturated carbocycles. The first-order chi connectivity index (χ1) is 11.6. The lowest BCUT2D eigenvalue weighted by Gasteiger charge is -2.23. The van der Waals surface area contributed by atoms with E-state index in [0.29, 0.717) is 6.54 Å². The van der Waals surface area contributed by atoms with Crippen molar-refractivity contribution in [3.63, 3.8) is 0 Å². The molecule has 0 aliphatic carbocycles. The number of rotatable bonds is 6. The minimum absolute atomic E-state index is 0.0994. The average Bonchev–Trinajstić information content (AvgIpc) is 3.22. The van der Waals surface area contributed by atoms with Crippen molar-refractivity contribution in [2.75, 3.05) is 20.6 Å². The number of amides is 1. The quantitative estimate of drug-likeness (QED) is 0.683. The number of para-hydroxylation sites is 1. The molecule has 1 atom stereocenters. The maximum atomic E-state index is 12.1. The van der Waals surface area contributed by atoms with Gasteiger partial charge in [-0.15, -0.1) is 22.7 Å². The number of carbonyl (C=O) groups is 1. The minimum atomic E-state index is -0.0994. The fourth-order valence-corrected chi connectivity index (χ4v) is 4.18. The maximum absolute atomic E-state index is 12.1. The van der Waals surface area contributed by atoms with Gasteiger partial charge in [0, 0.05) is 17.5 Å². The largest absolute Gasteiger partial charge is 0.351 e. The van der Waals surface area contributed by atoms with Crippen molar-refractivity contribution in [1.29, 1.82) is 0 Å². The van der Waals surface area contributed by atoms with Crippen LogP contribution in [0.5, 0.6) is 0 Å². The highest BCUT2D eigenvalue weighted by Gasteiger charge is 2.15. The molecule has 4 nitrogen and oxygen atoms in total. The van der Waals surface area contributed by atoms with Crippen molar-refractivity contribution >= 4 is 44.9 Å². The number of carbonyl (C=O) groups excluding carboxylic acids is 1. The molecule has 3 rings (SSSR count). The van der Waals surface area contributed by atoms with Gasteiger partial charge in [-0.2, -0.15) is 0 Å². The zero-order valence-electron chi connectivity index (χ0n) is 13.6. The van der Waals surface area contributed by atoms with Crippen molar-refractivity contribution in [3.05, 3.63) is 57.7 Å². The van der Waals surface area contributed by atoms with Crippen LogP contribution < -0.4 is 5.32 Å². The summed E-state index contributed by atoms with van der Waals surface area (Å²) in [7, 11) is 4.04. The van der Waals surface area contributed by atoms with Gasteiger partial charge in [-0.3, -0.25) is 4.79 Å². The van der Waals surface area contributed by atoms with Crippen molar-refractivity contribution < 1.29 is 4.79 Å². The van der Waals surface area contributed by atoms with Crippen molar-refractivity contribution in [2.45, 2.75) is 6.04 Å². The molecule has 24 heavy (non-hydrogen) atoms. The third-order valence-corrected chi connectivity index (χ3v) is 5.63. The smallest absolute Gasteiger partial charge is 0.244 e. The summed E-state index contributed by atoms with van der Waals surface area (Å²) in [5.74, 6) is -0.0994. The molecule has 1 aromatic carbocycles. The number of benzene rings is 1. The predicted molar refractivity (Wildman–Crippen MR) is 102 cm³/mol. The van der Waals surface area contributed by atoms with Crippen LogP contribution in [-0.4, -0.2) is 36.4 Å². The van der Waals surface area contributed by atoms with E-state index in [1.807, 2.05) is 44.4 Å². The third kappa shape index (κ3) is 4.08. The van der Waals surface area contributed by atoms with Gasteiger partial charge in [-0.1, -0.05) is 18.2 Å². The highest BCUT2D eigenvalue weighted by Crippen LogP contribution is 2.23. The first kappa shape index (κ1) is 16.8. The number of thiophene rings is 1. The summed E-state index contributed by atoms with van der Waals surface area (Å²) in [5, 5.41) is 5.87. The maximum Gasteiger partial charge on any atom is 0.244 e. The van der Waals surface area contributed by atoms with Gasteiger partial charge in [-0.05, 0) is 43.8 Å². The monoisotopic (exact) mass is 357 g/mol. The van der Waals surface area contributed by atoms with Gasteiger partial charge < -0.3 is 10.2 Å². The van der Waals surface area contributed by atoms with Crippen molar-refractivity contribution in [3.8, 4) is 0 Å². The summed E-state index contributed by atoms with van der Waals surface area (Å²) in [4.78, 5) is 19.9. The van der Waals surface area contributed by atoms with Crippen LogP contribution in [0.1, 0.15) is 15.9 Å². The van der Waals surface area contributed by atoms with Gasteiger partial charge in [-0.25, -0.2) is 4.98 Å². The molecule has 2 heterocycles. The second-order valence-corrected chi connectivity index (χ2v) is 7.63. The topological polar surface area (TPSA) is 45.2 Å². The van der Waals surface area contributed by atoms with Gasteiger partial charge in [0.25, 0.3) is 0 Å². The fourth-order valence-electron chi connectivity index (χ4n) is 2.38. The Bertz CT molecular complexity index is 804. The van der Waals surface area contributed by atoms with E-state index >= 15 is 0 Å². The predicted octanol–water partition coefficient (Wildman–Crippen LogP) is 3.79. The molecule has 0 bridgehead atoms. The molecule has 1 N–H and O–H groups in total. The lowest BCUT2D eigenvalue weighted by Crippen LogP contribution is -2.33. The van der Waals surface area contributed by atoms with Crippen LogP contribution in [0.15, 0.2) is 47.9 Å². The molecule has 0 radical (unpaired) electrons. The standard InChI is InChI=1S/C18H19N3OS2/c1-21(2)14(16-8-5-11-23-16)12-19-17(22)9-10-18-20-13-6-3-4-7-15(13)24-18/h3-11,14H,12H2,1-2H3,(H,19,22)/b10-9+. The van der Waals surface area contributed by atoms with Crippen molar-refractivity contribution in [2.24, 2.45) is 0 Å². The van der Waals surface area contributed by atoms with E-state index in [4.69, 9.17) is 0 Å². The lowest BCUT2D eigenvalue weighted by atomic mass is 10.2. The van der Waals surface area contributed by atoms with Crippen LogP contribution in [0.4, 0.5) is 0 Å². The zero-order chi connectivity index (χ0) is 16.9. The minimum Gasteiger partial charge on any atom is -0.351 e. The number of aromatic nitrogens is 1. The number of nitrogens with zero attached hydrogens (tertiary/aromatic N) is 2. The van der Waals surface area contributed by atoms with Gasteiger partial charge in [0.2, 0.25) is 5.91 Å². The zero-order valence-corrected chi connectivity index (χ0v) is 15.2. The molecule has 2 aromatic heterocycles. The Balaban J connectivity index is 1.60. The van der Waals surface area contributed by atoms with E-state index in [-0.39, 0.29) is 11.9 Å². The Morgan fingerprint density at radius 1 is 1.29 bits per heavy atom. The van der Waals surface area contributed by atoms with Gasteiger partial charge in [0.1, 0.15) is 5.01 Å². The van der Waals surface area contributed by atoms with Crippen LogP contribution in [0.2, 0.25) is 0 Å². The van der Waals surface area contributed by atoms with Crippen LogP contribution in [0.3, 0.4) is 0 Å². The summed E-state index contributed by atoms with van der Waals surface area (Å²) in [6.45, 7) is 0.580. The summed E-state index contributed by atoms with van der Waals surface area (Å²) in [6.07, 6.45) is 3.33. The number of likely N-dealkylation sites (N-methyl/N-ethyl adjacent to an activating group) is 1. The van der Waals surface area contributed by atoms with Gasteiger partial charge in [0.05, 0.1) is 16.3 Å². The number of nitrogens with one attached hydrogen (secondary N) is 1. The molecule has 124 valence electrons. The number of thiazole rings is 1. The summed E-state index contributed by atoms with van der Waals surface area (Å²) >= 11 is 3.29. The Hall–Kier alpha value is -2.02. The molecular formula is C18H19N3OS2. The fraction of sp³-hybridized carbons (Fsp3) is 0.222. The summed E-state index contributed by atoms with van der Waals surface area (Å²) < 4.78 is 1.13. The van der Waals surface area contributed by atoms with E-state index in [1.54, 1.807) is 34.8 Å². The van der Waals surface area contributed by atoms with E-state index < -0.39 is 0 Å². The van der Waals surface area contributed by atoms with Crippen molar-refractivity contribution in [1.82, 2.24) is 15.2 Å². The molecule has 0 spiro atoms. The molecule has 1 amide bonds. The molecule has 3 aromatic rings. The second-order valence-electron chi connectivity index (χ2n) is 5.59. The first-order valence-electron chi connectivity index (χ1n) is 7.65. The Kier molecular flexibility index (Phi) is 5.40. The lowest BCUT2D eigenvalue weighted by molar-refractivity contribution is -0.116. The Labute approximate surface area is 149 Å². The SMILES string of the molecule is CN(C)C(CNC(=O)/C=C/c1nc2ccccc2s1)c1cccs1. The molecular weight excluding hydrogens is 338 g/mol. The second kappa shape index (κ2) is 7.70. The molecule has 1 unspecified atom stereocenters. The normalized spacial score (nSPS) is 13.0. The van der Waals surface area contributed by atoms with Gasteiger partial charge in [0.15, 0.2) is 0 Å². The van der Waals surface area contributed by atoms with Gasteiger partial charge >= 0.3 is 0 Å². The highest BCUT2D eigenvalue weighted by molar-refractivity contribution is 7.19. The molecule has 0 aliphatic heterocycles.